The summed E-state index contributed by atoms with van der Waals surface area (Å²) in [6.45, 7) is 3.44. The van der Waals surface area contributed by atoms with Gasteiger partial charge in [-0.3, -0.25) is 9.59 Å². The third kappa shape index (κ3) is 4.83. The van der Waals surface area contributed by atoms with Crippen molar-refractivity contribution in [3.05, 3.63) is 12.7 Å². The Morgan fingerprint density at radius 1 is 1.60 bits per heavy atom. The van der Waals surface area contributed by atoms with E-state index in [2.05, 4.69) is 11.3 Å². The summed E-state index contributed by atoms with van der Waals surface area (Å²) in [7, 11) is 0. The first-order valence-corrected chi connectivity index (χ1v) is 2.71. The third-order valence-corrected chi connectivity index (χ3v) is 0.681. The Kier molecular flexibility index (Phi) is 3.95. The highest BCUT2D eigenvalue weighted by molar-refractivity contribution is 5.93. The zero-order valence-electron chi connectivity index (χ0n) is 5.50. The Labute approximate surface area is 58.7 Å². The zero-order valence-corrected chi connectivity index (χ0v) is 5.50. The largest absolute Gasteiger partial charge is 0.461 e. The highest BCUT2D eigenvalue weighted by Gasteiger charge is 2.04. The second kappa shape index (κ2) is 4.55. The molecule has 0 rings (SSSR count). The molecule has 56 valence electrons. The fourth-order valence-electron chi connectivity index (χ4n) is 0.345. The Balaban J connectivity index is 3.43. The SMILES string of the molecule is C=CCOC(=O)CC(N)=O. The molecule has 2 N–H and O–H groups in total. The topological polar surface area (TPSA) is 69.4 Å². The molecule has 0 aliphatic carbocycles. The first-order chi connectivity index (χ1) is 4.66. The van der Waals surface area contributed by atoms with Crippen molar-refractivity contribution in [3.8, 4) is 0 Å². The summed E-state index contributed by atoms with van der Waals surface area (Å²) in [6, 6.07) is 0. The van der Waals surface area contributed by atoms with Crippen molar-refractivity contribution < 1.29 is 14.3 Å². The van der Waals surface area contributed by atoms with Crippen LogP contribution in [0.15, 0.2) is 12.7 Å². The molecular formula is C6H9NO3. The molecule has 1 amide bonds. The van der Waals surface area contributed by atoms with Crippen molar-refractivity contribution in [3.63, 3.8) is 0 Å². The molecule has 0 fully saturated rings. The summed E-state index contributed by atoms with van der Waals surface area (Å²) in [6.07, 6.45) is 1.05. The second-order valence-electron chi connectivity index (χ2n) is 1.61. The van der Waals surface area contributed by atoms with E-state index in [1.807, 2.05) is 0 Å². The number of carbonyl (C=O) groups is 2. The zero-order chi connectivity index (χ0) is 7.98. The van der Waals surface area contributed by atoms with E-state index in [4.69, 9.17) is 5.73 Å². The van der Waals surface area contributed by atoms with Gasteiger partial charge in [0.2, 0.25) is 5.91 Å². The molecule has 0 bridgehead atoms. The lowest BCUT2D eigenvalue weighted by molar-refractivity contribution is -0.144. The highest BCUT2D eigenvalue weighted by Crippen LogP contribution is 1.84. The molecule has 0 unspecified atom stereocenters. The average molecular weight is 143 g/mol. The van der Waals surface area contributed by atoms with Crippen LogP contribution in [0.2, 0.25) is 0 Å². The average Bonchev–Trinajstić information content (AvgIpc) is 1.82. The van der Waals surface area contributed by atoms with Gasteiger partial charge in [-0.2, -0.15) is 0 Å². The standard InChI is InChI=1S/C6H9NO3/c1-2-3-10-6(9)4-5(7)8/h2H,1,3-4H2,(H2,7,8). The van der Waals surface area contributed by atoms with Crippen LogP contribution in [0.25, 0.3) is 0 Å². The van der Waals surface area contributed by atoms with Crippen molar-refractivity contribution in [1.82, 2.24) is 0 Å². The maximum Gasteiger partial charge on any atom is 0.315 e. The predicted molar refractivity (Wildman–Crippen MR) is 35.0 cm³/mol. The Morgan fingerprint density at radius 3 is 2.60 bits per heavy atom. The van der Waals surface area contributed by atoms with Crippen molar-refractivity contribution in [2.24, 2.45) is 5.73 Å². The van der Waals surface area contributed by atoms with Crippen molar-refractivity contribution in [2.75, 3.05) is 6.61 Å². The van der Waals surface area contributed by atoms with E-state index in [0.717, 1.165) is 0 Å². The highest BCUT2D eigenvalue weighted by atomic mass is 16.5. The van der Waals surface area contributed by atoms with Crippen molar-refractivity contribution >= 4 is 11.9 Å². The molecule has 0 aromatic heterocycles. The van der Waals surface area contributed by atoms with Gasteiger partial charge in [-0.05, 0) is 0 Å². The lowest BCUT2D eigenvalue weighted by Crippen LogP contribution is -2.17. The molecule has 0 saturated carbocycles. The first-order valence-electron chi connectivity index (χ1n) is 2.71. The molecule has 0 heterocycles. The van der Waals surface area contributed by atoms with E-state index < -0.39 is 11.9 Å². The molecule has 0 radical (unpaired) electrons. The minimum atomic E-state index is -0.686. The maximum absolute atomic E-state index is 10.4. The van der Waals surface area contributed by atoms with Gasteiger partial charge in [-0.15, -0.1) is 0 Å². The monoisotopic (exact) mass is 143 g/mol. The Morgan fingerprint density at radius 2 is 2.20 bits per heavy atom. The van der Waals surface area contributed by atoms with E-state index in [1.54, 1.807) is 0 Å². The summed E-state index contributed by atoms with van der Waals surface area (Å²) in [5.41, 5.74) is 4.70. The van der Waals surface area contributed by atoms with Gasteiger partial charge in [0.1, 0.15) is 13.0 Å². The van der Waals surface area contributed by atoms with Gasteiger partial charge in [0.25, 0.3) is 0 Å². The smallest absolute Gasteiger partial charge is 0.315 e. The van der Waals surface area contributed by atoms with E-state index in [9.17, 15) is 9.59 Å². The third-order valence-electron chi connectivity index (χ3n) is 0.681. The van der Waals surface area contributed by atoms with Crippen LogP contribution in [0.4, 0.5) is 0 Å². The van der Waals surface area contributed by atoms with Crippen LogP contribution in [0.1, 0.15) is 6.42 Å². The molecule has 0 aromatic carbocycles. The molecular weight excluding hydrogens is 134 g/mol. The summed E-state index contributed by atoms with van der Waals surface area (Å²) in [4.78, 5) is 20.5. The molecule has 4 nitrogen and oxygen atoms in total. The minimum absolute atomic E-state index is 0.117. The molecule has 0 saturated heterocycles. The van der Waals surface area contributed by atoms with Crippen molar-refractivity contribution in [1.29, 1.82) is 0 Å². The summed E-state index contributed by atoms with van der Waals surface area (Å²) < 4.78 is 4.44. The summed E-state index contributed by atoms with van der Waals surface area (Å²) in [5.74, 6) is -1.30. The van der Waals surface area contributed by atoms with Crippen LogP contribution >= 0.6 is 0 Å². The molecule has 0 aromatic rings. The summed E-state index contributed by atoms with van der Waals surface area (Å²) in [5, 5.41) is 0. The van der Waals surface area contributed by atoms with E-state index in [-0.39, 0.29) is 13.0 Å². The number of rotatable bonds is 4. The molecule has 0 aliphatic rings. The normalized spacial score (nSPS) is 8.40. The fraction of sp³-hybridized carbons (Fsp3) is 0.333. The van der Waals surface area contributed by atoms with Crippen LogP contribution in [0.5, 0.6) is 0 Å². The van der Waals surface area contributed by atoms with Crippen LogP contribution in [-0.2, 0) is 14.3 Å². The second-order valence-corrected chi connectivity index (χ2v) is 1.61. The van der Waals surface area contributed by atoms with Gasteiger partial charge < -0.3 is 10.5 Å². The minimum Gasteiger partial charge on any atom is -0.461 e. The van der Waals surface area contributed by atoms with Crippen LogP contribution in [0, 0.1) is 0 Å². The molecule has 4 heteroatoms. The lowest BCUT2D eigenvalue weighted by atomic mass is 10.4. The van der Waals surface area contributed by atoms with Gasteiger partial charge >= 0.3 is 5.97 Å². The predicted octanol–water partition coefficient (Wildman–Crippen LogP) is -0.409. The van der Waals surface area contributed by atoms with Gasteiger partial charge in [0, 0.05) is 0 Å². The number of amides is 1. The Bertz CT molecular complexity index is 153. The van der Waals surface area contributed by atoms with Gasteiger partial charge in [0.05, 0.1) is 0 Å². The Hall–Kier alpha value is -1.32. The maximum atomic E-state index is 10.4. The number of carbonyl (C=O) groups excluding carboxylic acids is 2. The number of nitrogens with two attached hydrogens (primary N) is 1. The van der Waals surface area contributed by atoms with Crippen LogP contribution in [0.3, 0.4) is 0 Å². The van der Waals surface area contributed by atoms with Gasteiger partial charge in [-0.25, -0.2) is 0 Å². The van der Waals surface area contributed by atoms with Gasteiger partial charge in [-0.1, -0.05) is 12.7 Å². The summed E-state index contributed by atoms with van der Waals surface area (Å²) >= 11 is 0. The van der Waals surface area contributed by atoms with Gasteiger partial charge in [0.15, 0.2) is 0 Å². The van der Waals surface area contributed by atoms with Crippen molar-refractivity contribution in [2.45, 2.75) is 6.42 Å². The number of hydrogen-bond donors (Lipinski definition) is 1. The molecule has 10 heavy (non-hydrogen) atoms. The quantitative estimate of drug-likeness (QED) is 0.330. The first kappa shape index (κ1) is 8.68. The number of primary amides is 1. The van der Waals surface area contributed by atoms with Crippen LogP contribution < -0.4 is 5.73 Å². The number of esters is 1. The fourth-order valence-corrected chi connectivity index (χ4v) is 0.345. The molecule has 0 spiro atoms. The van der Waals surface area contributed by atoms with Crippen LogP contribution in [-0.4, -0.2) is 18.5 Å². The van der Waals surface area contributed by atoms with E-state index in [0.29, 0.717) is 0 Å². The number of ether oxygens (including phenoxy) is 1. The molecule has 0 atom stereocenters. The molecule has 0 aliphatic heterocycles. The lowest BCUT2D eigenvalue weighted by Gasteiger charge is -1.96. The number of hydrogen-bond acceptors (Lipinski definition) is 3. The van der Waals surface area contributed by atoms with E-state index >= 15 is 0 Å². The van der Waals surface area contributed by atoms with E-state index in [1.165, 1.54) is 6.08 Å².